The highest BCUT2D eigenvalue weighted by Gasteiger charge is 2.43. The first-order chi connectivity index (χ1) is 18.2. The number of hydrogen-bond acceptors (Lipinski definition) is 5. The van der Waals surface area contributed by atoms with E-state index in [4.69, 9.17) is 21.1 Å². The number of benzene rings is 3. The van der Waals surface area contributed by atoms with Crippen molar-refractivity contribution in [2.45, 2.75) is 39.2 Å². The Morgan fingerprint density at radius 3 is 2.42 bits per heavy atom. The van der Waals surface area contributed by atoms with Crippen molar-refractivity contribution in [1.29, 1.82) is 0 Å². The molecule has 0 saturated heterocycles. The standard InChI is InChI=1S/C31H31ClN2O4/c1-31(2)17-23-29(25(35)18-31)30(20-11-14-26(37-3)27(16-20)38-4)34(24-8-6-5-7-22(24)33-23)28(36)15-19-9-12-21(32)13-10-19/h5-14,16,30,33H,15,17-18H2,1-4H3. The molecule has 1 N–H and O–H groups in total. The Morgan fingerprint density at radius 1 is 1.00 bits per heavy atom. The van der Waals surface area contributed by atoms with E-state index in [0.29, 0.717) is 40.6 Å². The third-order valence-electron chi connectivity index (χ3n) is 7.16. The molecule has 1 unspecified atom stereocenters. The molecule has 196 valence electrons. The molecule has 1 heterocycles. The zero-order chi connectivity index (χ0) is 27.0. The minimum Gasteiger partial charge on any atom is -0.493 e. The predicted octanol–water partition coefficient (Wildman–Crippen LogP) is 6.74. The molecular weight excluding hydrogens is 500 g/mol. The van der Waals surface area contributed by atoms with Gasteiger partial charge in [0.05, 0.1) is 38.1 Å². The zero-order valence-electron chi connectivity index (χ0n) is 22.0. The second-order valence-electron chi connectivity index (χ2n) is 10.6. The lowest BCUT2D eigenvalue weighted by molar-refractivity contribution is -0.119. The predicted molar refractivity (Wildman–Crippen MR) is 150 cm³/mol. The first-order valence-corrected chi connectivity index (χ1v) is 13.0. The fourth-order valence-electron chi connectivity index (χ4n) is 5.46. The zero-order valence-corrected chi connectivity index (χ0v) is 22.8. The van der Waals surface area contributed by atoms with Crippen molar-refractivity contribution in [2.24, 2.45) is 5.41 Å². The van der Waals surface area contributed by atoms with Crippen LogP contribution in [0.1, 0.15) is 43.9 Å². The van der Waals surface area contributed by atoms with Crippen LogP contribution in [0.4, 0.5) is 11.4 Å². The molecule has 1 amide bonds. The molecule has 3 aromatic rings. The first kappa shape index (κ1) is 25.9. The van der Waals surface area contributed by atoms with E-state index >= 15 is 0 Å². The highest BCUT2D eigenvalue weighted by atomic mass is 35.5. The number of fused-ring (bicyclic) bond motifs is 1. The summed E-state index contributed by atoms with van der Waals surface area (Å²) < 4.78 is 11.1. The molecular formula is C31H31ClN2O4. The Kier molecular flexibility index (Phi) is 6.93. The number of methoxy groups -OCH3 is 2. The third-order valence-corrected chi connectivity index (χ3v) is 7.41. The Labute approximate surface area is 228 Å². The van der Waals surface area contributed by atoms with E-state index in [1.54, 1.807) is 31.3 Å². The number of rotatable bonds is 5. The van der Waals surface area contributed by atoms with E-state index in [-0.39, 0.29) is 23.5 Å². The van der Waals surface area contributed by atoms with E-state index < -0.39 is 6.04 Å². The maximum atomic E-state index is 14.2. The topological polar surface area (TPSA) is 67.9 Å². The van der Waals surface area contributed by atoms with Crippen molar-refractivity contribution in [3.63, 3.8) is 0 Å². The minimum atomic E-state index is -0.649. The summed E-state index contributed by atoms with van der Waals surface area (Å²) in [6, 6.07) is 19.9. The largest absolute Gasteiger partial charge is 0.493 e. The van der Waals surface area contributed by atoms with Crippen molar-refractivity contribution in [2.75, 3.05) is 24.4 Å². The summed E-state index contributed by atoms with van der Waals surface area (Å²) in [7, 11) is 3.16. The first-order valence-electron chi connectivity index (χ1n) is 12.6. The van der Waals surface area contributed by atoms with Gasteiger partial charge in [0.2, 0.25) is 5.91 Å². The maximum absolute atomic E-state index is 14.2. The SMILES string of the molecule is COc1ccc(C2C3=C(CC(C)(C)CC3=O)Nc3ccccc3N2C(=O)Cc2ccc(Cl)cc2)cc1OC. The smallest absolute Gasteiger partial charge is 0.232 e. The number of ketones is 1. The summed E-state index contributed by atoms with van der Waals surface area (Å²) in [6.07, 6.45) is 1.23. The van der Waals surface area contributed by atoms with Gasteiger partial charge in [-0.25, -0.2) is 0 Å². The number of halogens is 1. The summed E-state index contributed by atoms with van der Waals surface area (Å²) >= 11 is 6.09. The number of hydrogen-bond donors (Lipinski definition) is 1. The Balaban J connectivity index is 1.73. The number of ether oxygens (including phenoxy) is 2. The maximum Gasteiger partial charge on any atom is 0.232 e. The van der Waals surface area contributed by atoms with Crippen LogP contribution in [0.5, 0.6) is 11.5 Å². The van der Waals surface area contributed by atoms with E-state index in [9.17, 15) is 9.59 Å². The normalized spacial score (nSPS) is 18.2. The second kappa shape index (κ2) is 10.2. The van der Waals surface area contributed by atoms with E-state index in [0.717, 1.165) is 22.5 Å². The van der Waals surface area contributed by atoms with E-state index in [1.165, 1.54) is 0 Å². The lowest BCUT2D eigenvalue weighted by Crippen LogP contribution is -2.40. The molecule has 0 radical (unpaired) electrons. The average Bonchev–Trinajstić information content (AvgIpc) is 3.03. The van der Waals surface area contributed by atoms with Crippen LogP contribution in [0.3, 0.4) is 0 Å². The van der Waals surface area contributed by atoms with Crippen LogP contribution < -0.4 is 19.7 Å². The number of anilines is 2. The van der Waals surface area contributed by atoms with Gasteiger partial charge in [0.1, 0.15) is 0 Å². The van der Waals surface area contributed by atoms with Crippen molar-refractivity contribution in [3.05, 3.63) is 94.1 Å². The molecule has 0 saturated carbocycles. The number of Topliss-reactive ketones (excluding diaryl/α,β-unsaturated/α-hetero) is 1. The van der Waals surface area contributed by atoms with Gasteiger partial charge in [0.15, 0.2) is 17.3 Å². The molecule has 5 rings (SSSR count). The van der Waals surface area contributed by atoms with Crippen molar-refractivity contribution in [3.8, 4) is 11.5 Å². The minimum absolute atomic E-state index is 0.0284. The van der Waals surface area contributed by atoms with Gasteiger partial charge in [0.25, 0.3) is 0 Å². The number of nitrogens with zero attached hydrogens (tertiary/aromatic N) is 1. The van der Waals surface area contributed by atoms with Crippen LogP contribution in [-0.4, -0.2) is 25.9 Å². The summed E-state index contributed by atoms with van der Waals surface area (Å²) in [5, 5.41) is 4.16. The molecule has 0 bridgehead atoms. The molecule has 1 aliphatic carbocycles. The average molecular weight is 531 g/mol. The molecule has 1 aliphatic heterocycles. The third kappa shape index (κ3) is 4.88. The van der Waals surface area contributed by atoms with Crippen LogP contribution in [-0.2, 0) is 16.0 Å². The monoisotopic (exact) mass is 530 g/mol. The summed E-state index contributed by atoms with van der Waals surface area (Å²) in [5.41, 5.74) is 4.36. The molecule has 6 nitrogen and oxygen atoms in total. The molecule has 0 fully saturated rings. The van der Waals surface area contributed by atoms with Crippen molar-refractivity contribution in [1.82, 2.24) is 0 Å². The number of amides is 1. The Bertz CT molecular complexity index is 1430. The number of carbonyl (C=O) groups is 2. The molecule has 3 aromatic carbocycles. The molecule has 7 heteroatoms. The lowest BCUT2D eigenvalue weighted by Gasteiger charge is -2.37. The van der Waals surface area contributed by atoms with Gasteiger partial charge in [-0.1, -0.05) is 55.8 Å². The van der Waals surface area contributed by atoms with Gasteiger partial charge < -0.3 is 14.8 Å². The highest BCUT2D eigenvalue weighted by Crippen LogP contribution is 2.49. The Hall–Kier alpha value is -3.77. The van der Waals surface area contributed by atoms with Crippen LogP contribution in [0.25, 0.3) is 0 Å². The van der Waals surface area contributed by atoms with Gasteiger partial charge >= 0.3 is 0 Å². The van der Waals surface area contributed by atoms with Crippen molar-refractivity contribution >= 4 is 34.7 Å². The fourth-order valence-corrected chi connectivity index (χ4v) is 5.59. The van der Waals surface area contributed by atoms with Crippen LogP contribution in [0, 0.1) is 5.41 Å². The van der Waals surface area contributed by atoms with Gasteiger partial charge in [0, 0.05) is 22.7 Å². The lowest BCUT2D eigenvalue weighted by atomic mass is 9.73. The quantitative estimate of drug-likeness (QED) is 0.395. The van der Waals surface area contributed by atoms with Gasteiger partial charge in [-0.15, -0.1) is 0 Å². The molecule has 0 aromatic heterocycles. The van der Waals surface area contributed by atoms with Gasteiger partial charge in [-0.2, -0.15) is 0 Å². The van der Waals surface area contributed by atoms with Gasteiger partial charge in [-0.05, 0) is 59.4 Å². The van der Waals surface area contributed by atoms with E-state index in [2.05, 4.69) is 19.2 Å². The number of carbonyl (C=O) groups excluding carboxylic acids is 2. The summed E-state index contributed by atoms with van der Waals surface area (Å²) in [5.74, 6) is 1.01. The number of allylic oxidation sites excluding steroid dienone is 1. The highest BCUT2D eigenvalue weighted by molar-refractivity contribution is 6.30. The number of para-hydroxylation sites is 2. The molecule has 2 aliphatic rings. The second-order valence-corrected chi connectivity index (χ2v) is 11.0. The van der Waals surface area contributed by atoms with Crippen LogP contribution >= 0.6 is 11.6 Å². The molecule has 38 heavy (non-hydrogen) atoms. The van der Waals surface area contributed by atoms with Crippen LogP contribution in [0.2, 0.25) is 5.02 Å². The number of nitrogens with one attached hydrogen (secondary N) is 1. The van der Waals surface area contributed by atoms with Crippen molar-refractivity contribution < 1.29 is 19.1 Å². The molecule has 1 atom stereocenters. The summed E-state index contributed by atoms with van der Waals surface area (Å²) in [6.45, 7) is 4.20. The fraction of sp³-hybridized carbons (Fsp3) is 0.290. The van der Waals surface area contributed by atoms with Crippen LogP contribution in [0.15, 0.2) is 78.0 Å². The molecule has 0 spiro atoms. The van der Waals surface area contributed by atoms with E-state index in [1.807, 2.05) is 54.6 Å². The Morgan fingerprint density at radius 2 is 1.71 bits per heavy atom. The van der Waals surface area contributed by atoms with Gasteiger partial charge in [-0.3, -0.25) is 14.5 Å². The summed E-state index contributed by atoms with van der Waals surface area (Å²) in [4.78, 5) is 29.8.